The molecule has 0 unspecified atom stereocenters. The molecule has 126 valence electrons. The topological polar surface area (TPSA) is 43.7 Å². The number of rotatable bonds is 5. The van der Waals surface area contributed by atoms with Gasteiger partial charge in [0, 0.05) is 12.6 Å². The van der Waals surface area contributed by atoms with Gasteiger partial charge in [0.2, 0.25) is 0 Å². The largest absolute Gasteiger partial charge is 0.389 e. The first-order chi connectivity index (χ1) is 10.3. The molecule has 3 nitrogen and oxygen atoms in total. The van der Waals surface area contributed by atoms with Crippen LogP contribution < -0.4 is 0 Å². The number of hydrogen-bond acceptors (Lipinski definition) is 3. The van der Waals surface area contributed by atoms with Crippen LogP contribution in [-0.4, -0.2) is 45.9 Å². The highest BCUT2D eigenvalue weighted by Crippen LogP contribution is 2.37. The van der Waals surface area contributed by atoms with Crippen molar-refractivity contribution in [3.63, 3.8) is 0 Å². The van der Waals surface area contributed by atoms with Crippen LogP contribution in [0.4, 0.5) is 0 Å². The van der Waals surface area contributed by atoms with Crippen molar-refractivity contribution in [3.05, 3.63) is 23.3 Å². The molecule has 2 rings (SSSR count). The molecule has 22 heavy (non-hydrogen) atoms. The van der Waals surface area contributed by atoms with Gasteiger partial charge in [0.1, 0.15) is 0 Å². The first-order valence-electron chi connectivity index (χ1n) is 8.84. The molecule has 2 N–H and O–H groups in total. The predicted octanol–water partition coefficient (Wildman–Crippen LogP) is 3.28. The van der Waals surface area contributed by atoms with Crippen molar-refractivity contribution >= 4 is 0 Å². The second-order valence-corrected chi connectivity index (χ2v) is 7.57. The molecule has 0 radical (unpaired) electrons. The van der Waals surface area contributed by atoms with Crippen LogP contribution >= 0.6 is 0 Å². The van der Waals surface area contributed by atoms with E-state index in [4.69, 9.17) is 0 Å². The molecule has 2 aliphatic rings. The van der Waals surface area contributed by atoms with Crippen molar-refractivity contribution < 1.29 is 10.2 Å². The summed E-state index contributed by atoms with van der Waals surface area (Å²) in [6.45, 7) is 10.4. The normalized spacial score (nSPS) is 34.7. The van der Waals surface area contributed by atoms with Crippen LogP contribution in [0.3, 0.4) is 0 Å². The molecule has 2 fully saturated rings. The van der Waals surface area contributed by atoms with E-state index in [1.54, 1.807) is 0 Å². The van der Waals surface area contributed by atoms with Crippen molar-refractivity contribution in [2.75, 3.05) is 13.1 Å². The lowest BCUT2D eigenvalue weighted by Crippen LogP contribution is -2.52. The van der Waals surface area contributed by atoms with Gasteiger partial charge in [-0.2, -0.15) is 0 Å². The molecule has 0 saturated carbocycles. The van der Waals surface area contributed by atoms with Gasteiger partial charge in [-0.15, -0.1) is 0 Å². The van der Waals surface area contributed by atoms with E-state index in [9.17, 15) is 10.2 Å². The van der Waals surface area contributed by atoms with Gasteiger partial charge in [-0.05, 0) is 64.0 Å². The van der Waals surface area contributed by atoms with E-state index < -0.39 is 5.60 Å². The summed E-state index contributed by atoms with van der Waals surface area (Å²) in [7, 11) is 0. The second kappa shape index (κ2) is 7.29. The molecule has 0 spiro atoms. The third-order valence-electron chi connectivity index (χ3n) is 5.32. The summed E-state index contributed by atoms with van der Waals surface area (Å²) in [6.07, 6.45) is 9.07. The predicted molar refractivity (Wildman–Crippen MR) is 91.8 cm³/mol. The summed E-state index contributed by atoms with van der Waals surface area (Å²) in [5, 5.41) is 20.5. The minimum absolute atomic E-state index is 0.305. The number of allylic oxidation sites excluding steroid dienone is 2. The Morgan fingerprint density at radius 1 is 1.50 bits per heavy atom. The number of aliphatic hydroxyl groups is 2. The minimum atomic E-state index is -0.579. The van der Waals surface area contributed by atoms with Crippen LogP contribution in [0.1, 0.15) is 59.8 Å². The van der Waals surface area contributed by atoms with Crippen LogP contribution in [0.2, 0.25) is 0 Å². The Kier molecular flexibility index (Phi) is 5.87. The van der Waals surface area contributed by atoms with E-state index in [0.29, 0.717) is 12.0 Å². The molecule has 3 heteroatoms. The Bertz CT molecular complexity index is 439. The quantitative estimate of drug-likeness (QED) is 0.766. The molecule has 0 aromatic carbocycles. The molecule has 0 aliphatic carbocycles. The fourth-order valence-electron chi connectivity index (χ4n) is 4.03. The molecular formula is C19H33NO2. The SMILES string of the molecule is CC[C@@H](O)/C(C)=C/C[C@@H](C)/C=C1\CN2CCC[C@H]2[C@@](C)(O)C1. The third kappa shape index (κ3) is 4.21. The molecule has 0 aromatic rings. The fourth-order valence-corrected chi connectivity index (χ4v) is 4.03. The number of piperidine rings is 1. The molecule has 0 amide bonds. The van der Waals surface area contributed by atoms with Gasteiger partial charge in [-0.25, -0.2) is 0 Å². The lowest BCUT2D eigenvalue weighted by atomic mass is 9.82. The van der Waals surface area contributed by atoms with Gasteiger partial charge in [-0.3, -0.25) is 4.90 Å². The Balaban J connectivity index is 1.97. The monoisotopic (exact) mass is 307 g/mol. The van der Waals surface area contributed by atoms with Crippen LogP contribution in [-0.2, 0) is 0 Å². The standard InChI is InChI=1S/C19H33NO2/c1-5-17(21)15(3)9-8-14(2)11-16-12-19(4,22)18-7-6-10-20(18)13-16/h9,11,14,17-18,21-22H,5-8,10,12-13H2,1-4H3/b15-9+,16-11-/t14-,17-,18+,19+/m1/s1. The zero-order valence-corrected chi connectivity index (χ0v) is 14.7. The van der Waals surface area contributed by atoms with E-state index in [1.165, 1.54) is 12.0 Å². The van der Waals surface area contributed by atoms with Crippen LogP contribution in [0.5, 0.6) is 0 Å². The van der Waals surface area contributed by atoms with Crippen LogP contribution in [0, 0.1) is 5.92 Å². The number of aliphatic hydroxyl groups excluding tert-OH is 1. The van der Waals surface area contributed by atoms with Crippen LogP contribution in [0.15, 0.2) is 23.3 Å². The lowest BCUT2D eigenvalue weighted by molar-refractivity contribution is -0.0330. The molecule has 2 saturated heterocycles. The van der Waals surface area contributed by atoms with E-state index in [0.717, 1.165) is 44.3 Å². The van der Waals surface area contributed by atoms with E-state index in [-0.39, 0.29) is 6.10 Å². The second-order valence-electron chi connectivity index (χ2n) is 7.57. The highest BCUT2D eigenvalue weighted by molar-refractivity contribution is 5.18. The van der Waals surface area contributed by atoms with Crippen molar-refractivity contribution in [2.24, 2.45) is 5.92 Å². The Morgan fingerprint density at radius 3 is 2.91 bits per heavy atom. The Labute approximate surface area is 135 Å². The zero-order chi connectivity index (χ0) is 16.3. The molecule has 2 aliphatic heterocycles. The third-order valence-corrected chi connectivity index (χ3v) is 5.32. The van der Waals surface area contributed by atoms with E-state index in [1.807, 2.05) is 20.8 Å². The fraction of sp³-hybridized carbons (Fsp3) is 0.789. The van der Waals surface area contributed by atoms with Gasteiger partial charge >= 0.3 is 0 Å². The molecule has 0 bridgehead atoms. The minimum Gasteiger partial charge on any atom is -0.389 e. The summed E-state index contributed by atoms with van der Waals surface area (Å²) in [5.74, 6) is 0.448. The number of nitrogens with zero attached hydrogens (tertiary/aromatic N) is 1. The van der Waals surface area contributed by atoms with Gasteiger partial charge in [0.15, 0.2) is 0 Å². The summed E-state index contributed by atoms with van der Waals surface area (Å²) in [6, 6.07) is 0.349. The maximum Gasteiger partial charge on any atom is 0.0811 e. The van der Waals surface area contributed by atoms with Gasteiger partial charge in [0.05, 0.1) is 11.7 Å². The zero-order valence-electron chi connectivity index (χ0n) is 14.7. The number of fused-ring (bicyclic) bond motifs is 1. The smallest absolute Gasteiger partial charge is 0.0811 e. The maximum atomic E-state index is 10.7. The van der Waals surface area contributed by atoms with Crippen molar-refractivity contribution in [1.29, 1.82) is 0 Å². The van der Waals surface area contributed by atoms with Gasteiger partial charge < -0.3 is 10.2 Å². The van der Waals surface area contributed by atoms with Crippen molar-refractivity contribution in [3.8, 4) is 0 Å². The van der Waals surface area contributed by atoms with Crippen LogP contribution in [0.25, 0.3) is 0 Å². The average Bonchev–Trinajstić information content (AvgIpc) is 2.92. The molecular weight excluding hydrogens is 274 g/mol. The Hall–Kier alpha value is -0.640. The Morgan fingerprint density at radius 2 is 2.23 bits per heavy atom. The molecule has 0 aromatic heterocycles. The first-order valence-corrected chi connectivity index (χ1v) is 8.84. The maximum absolute atomic E-state index is 10.7. The molecule has 2 heterocycles. The lowest BCUT2D eigenvalue weighted by Gasteiger charge is -2.43. The number of hydrogen-bond donors (Lipinski definition) is 2. The van der Waals surface area contributed by atoms with Gasteiger partial charge in [0.25, 0.3) is 0 Å². The van der Waals surface area contributed by atoms with Gasteiger partial charge in [-0.1, -0.05) is 31.6 Å². The highest BCUT2D eigenvalue weighted by Gasteiger charge is 2.43. The first kappa shape index (κ1) is 17.7. The summed E-state index contributed by atoms with van der Waals surface area (Å²) >= 11 is 0. The summed E-state index contributed by atoms with van der Waals surface area (Å²) in [4.78, 5) is 2.45. The molecule has 4 atom stereocenters. The van der Waals surface area contributed by atoms with E-state index in [2.05, 4.69) is 24.0 Å². The van der Waals surface area contributed by atoms with Crippen molar-refractivity contribution in [1.82, 2.24) is 4.90 Å². The average molecular weight is 307 g/mol. The summed E-state index contributed by atoms with van der Waals surface area (Å²) in [5.41, 5.74) is 1.87. The highest BCUT2D eigenvalue weighted by atomic mass is 16.3. The van der Waals surface area contributed by atoms with E-state index >= 15 is 0 Å². The van der Waals surface area contributed by atoms with Crippen molar-refractivity contribution in [2.45, 2.75) is 77.5 Å². The summed E-state index contributed by atoms with van der Waals surface area (Å²) < 4.78 is 0.